The van der Waals surface area contributed by atoms with Crippen LogP contribution in [0.2, 0.25) is 0 Å². The van der Waals surface area contributed by atoms with E-state index in [1.165, 1.54) is 16.0 Å². The second kappa shape index (κ2) is 9.99. The summed E-state index contributed by atoms with van der Waals surface area (Å²) in [5.74, 6) is -0.877. The van der Waals surface area contributed by atoms with E-state index >= 15 is 0 Å². The Labute approximate surface area is 242 Å². The first-order valence-corrected chi connectivity index (χ1v) is 14.6. The van der Waals surface area contributed by atoms with E-state index < -0.39 is 17.6 Å². The molecule has 2 unspecified atom stereocenters. The van der Waals surface area contributed by atoms with Gasteiger partial charge < -0.3 is 9.47 Å². The van der Waals surface area contributed by atoms with Gasteiger partial charge in [-0.3, -0.25) is 4.79 Å². The smallest absolute Gasteiger partial charge is 0.333 e. The number of hydrogen-bond acceptors (Lipinski definition) is 5. The van der Waals surface area contributed by atoms with Gasteiger partial charge in [-0.05, 0) is 82.8 Å². The number of amides is 1. The minimum absolute atomic E-state index is 0.00829. The molecule has 0 saturated carbocycles. The normalized spacial score (nSPS) is 21.8. The van der Waals surface area contributed by atoms with Crippen molar-refractivity contribution in [3.63, 3.8) is 0 Å². The van der Waals surface area contributed by atoms with Crippen molar-refractivity contribution < 1.29 is 19.1 Å². The average molecular weight is 558 g/mol. The largest absolute Gasteiger partial charge is 0.464 e. The number of esters is 1. The van der Waals surface area contributed by atoms with Crippen LogP contribution < -0.4 is 0 Å². The molecule has 6 heteroatoms. The summed E-state index contributed by atoms with van der Waals surface area (Å²) in [6.45, 7) is 15.2. The summed E-state index contributed by atoms with van der Waals surface area (Å²) in [5, 5.41) is 1.72. The third-order valence-electron chi connectivity index (χ3n) is 8.57. The molecule has 1 heterocycles. The van der Waals surface area contributed by atoms with Crippen molar-refractivity contribution in [2.45, 2.75) is 90.2 Å². The molecule has 0 N–H and O–H groups in total. The molecule has 2 atom stereocenters. The first kappa shape index (κ1) is 28.3. The quantitative estimate of drug-likeness (QED) is 0.242. The van der Waals surface area contributed by atoms with Gasteiger partial charge in [-0.25, -0.2) is 9.69 Å². The number of ether oxygens (including phenoxy) is 2. The first-order valence-electron chi connectivity index (χ1n) is 14.2. The summed E-state index contributed by atoms with van der Waals surface area (Å²) >= 11 is 5.75. The zero-order valence-electron chi connectivity index (χ0n) is 24.6. The van der Waals surface area contributed by atoms with Crippen LogP contribution in [0.15, 0.2) is 54.6 Å². The lowest BCUT2D eigenvalue weighted by Crippen LogP contribution is -2.51. The highest BCUT2D eigenvalue weighted by atomic mass is 32.1. The van der Waals surface area contributed by atoms with Crippen molar-refractivity contribution in [2.75, 3.05) is 6.61 Å². The zero-order chi connectivity index (χ0) is 29.0. The standard InChI is InChI=1S/C34H39NO4S/c1-8-18-38-30(37)28-34(7,27-20-22(32(2,3)4)19-26-25(27)16-17-33(26,5)6)39-31(40)35(28)29(36)24-15-11-13-21-12-9-10-14-23(21)24/h9-15,19-20,28H,8,16-18H2,1-7H3. The van der Waals surface area contributed by atoms with Gasteiger partial charge in [0.2, 0.25) is 0 Å². The molecule has 2 aliphatic rings. The van der Waals surface area contributed by atoms with E-state index in [1.807, 2.05) is 50.2 Å². The molecular weight excluding hydrogens is 518 g/mol. The second-order valence-electron chi connectivity index (χ2n) is 12.9. The second-order valence-corrected chi connectivity index (χ2v) is 13.3. The lowest BCUT2D eigenvalue weighted by atomic mass is 9.75. The van der Waals surface area contributed by atoms with Crippen LogP contribution >= 0.6 is 12.2 Å². The Balaban J connectivity index is 1.71. The molecule has 1 aliphatic carbocycles. The van der Waals surface area contributed by atoms with Crippen LogP contribution in [0.3, 0.4) is 0 Å². The molecule has 5 rings (SSSR count). The Bertz CT molecular complexity index is 1510. The van der Waals surface area contributed by atoms with Gasteiger partial charge in [0.05, 0.1) is 6.61 Å². The minimum Gasteiger partial charge on any atom is -0.464 e. The topological polar surface area (TPSA) is 55.8 Å². The summed E-state index contributed by atoms with van der Waals surface area (Å²) < 4.78 is 12.2. The highest BCUT2D eigenvalue weighted by molar-refractivity contribution is 7.80. The third-order valence-corrected chi connectivity index (χ3v) is 8.85. The number of nitrogens with zero attached hydrogens (tertiary/aromatic N) is 1. The first-order chi connectivity index (χ1) is 18.8. The molecule has 40 heavy (non-hydrogen) atoms. The number of benzene rings is 3. The van der Waals surface area contributed by atoms with Crippen molar-refractivity contribution in [3.05, 3.63) is 82.4 Å². The maximum absolute atomic E-state index is 14.3. The highest BCUT2D eigenvalue weighted by Crippen LogP contribution is 2.49. The average Bonchev–Trinajstić information content (AvgIpc) is 3.37. The lowest BCUT2D eigenvalue weighted by molar-refractivity contribution is -0.152. The van der Waals surface area contributed by atoms with Gasteiger partial charge >= 0.3 is 5.97 Å². The van der Waals surface area contributed by atoms with Crippen LogP contribution in [0.25, 0.3) is 10.8 Å². The molecule has 1 aliphatic heterocycles. The van der Waals surface area contributed by atoms with E-state index in [0.717, 1.165) is 34.7 Å². The molecule has 1 saturated heterocycles. The predicted octanol–water partition coefficient (Wildman–Crippen LogP) is 7.36. The van der Waals surface area contributed by atoms with E-state index in [9.17, 15) is 9.59 Å². The van der Waals surface area contributed by atoms with Gasteiger partial charge in [0.25, 0.3) is 11.1 Å². The van der Waals surface area contributed by atoms with E-state index in [2.05, 4.69) is 46.8 Å². The van der Waals surface area contributed by atoms with E-state index in [1.54, 1.807) is 6.07 Å². The minimum atomic E-state index is -1.21. The monoisotopic (exact) mass is 557 g/mol. The number of rotatable bonds is 5. The summed E-state index contributed by atoms with van der Waals surface area (Å²) in [7, 11) is 0. The van der Waals surface area contributed by atoms with E-state index in [4.69, 9.17) is 21.7 Å². The SMILES string of the molecule is CCCOC(=O)C1N(C(=O)c2cccc3ccccc23)C(=S)OC1(C)c1cc(C(C)(C)C)cc2c1CCC2(C)C. The summed E-state index contributed by atoms with van der Waals surface area (Å²) in [6, 6.07) is 16.7. The van der Waals surface area contributed by atoms with Gasteiger partial charge in [-0.15, -0.1) is 0 Å². The van der Waals surface area contributed by atoms with Crippen LogP contribution in [-0.2, 0) is 37.1 Å². The molecule has 3 aromatic rings. The van der Waals surface area contributed by atoms with Crippen LogP contribution in [0.5, 0.6) is 0 Å². The highest BCUT2D eigenvalue weighted by Gasteiger charge is 2.58. The molecule has 0 bridgehead atoms. The Morgan fingerprint density at radius 3 is 2.42 bits per heavy atom. The molecular formula is C34H39NO4S. The molecule has 0 radical (unpaired) electrons. The van der Waals surface area contributed by atoms with E-state index in [0.29, 0.717) is 12.0 Å². The molecule has 1 amide bonds. The van der Waals surface area contributed by atoms with Crippen LogP contribution in [0.4, 0.5) is 0 Å². The fourth-order valence-corrected chi connectivity index (χ4v) is 6.55. The maximum atomic E-state index is 14.3. The summed E-state index contributed by atoms with van der Waals surface area (Å²) in [5.41, 5.74) is 3.62. The number of thiocarbonyl (C=S) groups is 1. The zero-order valence-corrected chi connectivity index (χ0v) is 25.4. The molecule has 1 fully saturated rings. The van der Waals surface area contributed by atoms with Crippen molar-refractivity contribution in [1.29, 1.82) is 0 Å². The van der Waals surface area contributed by atoms with Gasteiger partial charge in [-0.2, -0.15) is 0 Å². The van der Waals surface area contributed by atoms with Gasteiger partial charge in [0.15, 0.2) is 11.6 Å². The Kier molecular flexibility index (Phi) is 7.06. The van der Waals surface area contributed by atoms with Gasteiger partial charge in [0.1, 0.15) is 0 Å². The fraction of sp³-hybridized carbons (Fsp3) is 0.441. The van der Waals surface area contributed by atoms with Crippen molar-refractivity contribution in [3.8, 4) is 0 Å². The number of fused-ring (bicyclic) bond motifs is 2. The lowest BCUT2D eigenvalue weighted by Gasteiger charge is -2.34. The van der Waals surface area contributed by atoms with Crippen LogP contribution in [0.1, 0.15) is 93.9 Å². The maximum Gasteiger partial charge on any atom is 0.333 e. The molecule has 210 valence electrons. The Hall–Kier alpha value is -3.25. The predicted molar refractivity (Wildman–Crippen MR) is 163 cm³/mol. The number of hydrogen-bond donors (Lipinski definition) is 0. The van der Waals surface area contributed by atoms with Gasteiger partial charge in [-0.1, -0.05) is 90.1 Å². The van der Waals surface area contributed by atoms with Crippen LogP contribution in [-0.4, -0.2) is 34.6 Å². The summed E-state index contributed by atoms with van der Waals surface area (Å²) in [4.78, 5) is 29.5. The van der Waals surface area contributed by atoms with Crippen molar-refractivity contribution in [2.24, 2.45) is 0 Å². The Morgan fingerprint density at radius 1 is 1.05 bits per heavy atom. The fourth-order valence-electron chi connectivity index (χ4n) is 6.19. The third kappa shape index (κ3) is 4.60. The molecule has 0 aromatic heterocycles. The molecule has 3 aromatic carbocycles. The van der Waals surface area contributed by atoms with E-state index in [-0.39, 0.29) is 28.5 Å². The van der Waals surface area contributed by atoms with Crippen LogP contribution in [0, 0.1) is 0 Å². The van der Waals surface area contributed by atoms with Gasteiger partial charge in [0, 0.05) is 11.1 Å². The van der Waals surface area contributed by atoms with Crippen molar-refractivity contribution >= 4 is 40.0 Å². The number of carbonyl (C=O) groups is 2. The molecule has 0 spiro atoms. The van der Waals surface area contributed by atoms with Crippen molar-refractivity contribution in [1.82, 2.24) is 4.90 Å². The Morgan fingerprint density at radius 2 is 1.73 bits per heavy atom. The molecule has 5 nitrogen and oxygen atoms in total. The number of carbonyl (C=O) groups excluding carboxylic acids is 2. The summed E-state index contributed by atoms with van der Waals surface area (Å²) in [6.07, 6.45) is 2.52.